The Kier molecular flexibility index (Phi) is 4.56. The van der Waals surface area contributed by atoms with E-state index in [1.165, 1.54) is 0 Å². The molecule has 1 aliphatic carbocycles. The minimum atomic E-state index is 0.173. The third-order valence-electron chi connectivity index (χ3n) is 4.13. The SMILES string of the molecule is C=C/C(C#N)=C(\N(C)C)N1CCN(C(=O)C2CC2)[C@H](C)C1. The predicted molar refractivity (Wildman–Crippen MR) is 82.0 cm³/mol. The number of amides is 1. The van der Waals surface area contributed by atoms with Crippen LogP contribution in [0, 0.1) is 17.2 Å². The van der Waals surface area contributed by atoms with E-state index < -0.39 is 0 Å². The molecular formula is C16H24N4O. The van der Waals surface area contributed by atoms with Crippen LogP contribution in [0.5, 0.6) is 0 Å². The summed E-state index contributed by atoms with van der Waals surface area (Å²) in [6.45, 7) is 8.05. The molecule has 0 unspecified atom stereocenters. The normalized spacial score (nSPS) is 23.2. The molecule has 0 aromatic heterocycles. The zero-order valence-electron chi connectivity index (χ0n) is 13.2. The van der Waals surface area contributed by atoms with E-state index in [1.807, 2.05) is 23.9 Å². The Morgan fingerprint density at radius 3 is 2.48 bits per heavy atom. The third-order valence-corrected chi connectivity index (χ3v) is 4.13. The molecule has 2 fully saturated rings. The predicted octanol–water partition coefficient (Wildman–Crippen LogP) is 1.41. The molecule has 114 valence electrons. The summed E-state index contributed by atoms with van der Waals surface area (Å²) >= 11 is 0. The summed E-state index contributed by atoms with van der Waals surface area (Å²) in [7, 11) is 3.87. The maximum atomic E-state index is 12.2. The van der Waals surface area contributed by atoms with Gasteiger partial charge in [0, 0.05) is 45.7 Å². The first-order chi connectivity index (χ1) is 9.99. The fraction of sp³-hybridized carbons (Fsp3) is 0.625. The molecule has 0 bridgehead atoms. The van der Waals surface area contributed by atoms with Crippen LogP contribution in [0.15, 0.2) is 24.0 Å². The average Bonchev–Trinajstić information content (AvgIpc) is 3.27. The highest BCUT2D eigenvalue weighted by molar-refractivity contribution is 5.81. The average molecular weight is 288 g/mol. The fourth-order valence-electron chi connectivity index (χ4n) is 2.92. The van der Waals surface area contributed by atoms with E-state index in [0.717, 1.165) is 38.3 Å². The van der Waals surface area contributed by atoms with Gasteiger partial charge in [0.2, 0.25) is 5.91 Å². The number of carbonyl (C=O) groups excluding carboxylic acids is 1. The first kappa shape index (κ1) is 15.4. The van der Waals surface area contributed by atoms with Crippen molar-refractivity contribution in [1.29, 1.82) is 5.26 Å². The van der Waals surface area contributed by atoms with E-state index in [9.17, 15) is 10.1 Å². The molecule has 0 aromatic carbocycles. The first-order valence-electron chi connectivity index (χ1n) is 7.49. The standard InChI is InChI=1S/C16H24N4O/c1-5-13(10-17)15(18(3)4)19-8-9-20(12(2)11-19)16(21)14-6-7-14/h5,12,14H,1,6-9,11H2,2-4H3/b15-13-/t12-/m1/s1. The van der Waals surface area contributed by atoms with Gasteiger partial charge in [-0.2, -0.15) is 5.26 Å². The van der Waals surface area contributed by atoms with Crippen LogP contribution in [0.25, 0.3) is 0 Å². The lowest BCUT2D eigenvalue weighted by molar-refractivity contribution is -0.136. The van der Waals surface area contributed by atoms with Crippen molar-refractivity contribution in [3.05, 3.63) is 24.0 Å². The van der Waals surface area contributed by atoms with Crippen LogP contribution in [0.3, 0.4) is 0 Å². The number of hydrogen-bond acceptors (Lipinski definition) is 4. The molecule has 1 saturated heterocycles. The van der Waals surface area contributed by atoms with E-state index in [2.05, 4.69) is 24.5 Å². The van der Waals surface area contributed by atoms with Gasteiger partial charge < -0.3 is 14.7 Å². The van der Waals surface area contributed by atoms with Crippen molar-refractivity contribution in [2.24, 2.45) is 5.92 Å². The Morgan fingerprint density at radius 1 is 1.38 bits per heavy atom. The molecule has 5 nitrogen and oxygen atoms in total. The van der Waals surface area contributed by atoms with Gasteiger partial charge in [-0.15, -0.1) is 0 Å². The van der Waals surface area contributed by atoms with E-state index in [1.54, 1.807) is 6.08 Å². The molecule has 0 aromatic rings. The van der Waals surface area contributed by atoms with Crippen molar-refractivity contribution in [1.82, 2.24) is 14.7 Å². The molecule has 5 heteroatoms. The summed E-state index contributed by atoms with van der Waals surface area (Å²) in [6, 6.07) is 2.38. The molecule has 1 amide bonds. The molecule has 21 heavy (non-hydrogen) atoms. The molecular weight excluding hydrogens is 264 g/mol. The lowest BCUT2D eigenvalue weighted by atomic mass is 10.1. The maximum absolute atomic E-state index is 12.2. The van der Waals surface area contributed by atoms with Crippen LogP contribution < -0.4 is 0 Å². The molecule has 2 aliphatic rings. The van der Waals surface area contributed by atoms with Crippen LogP contribution in [0.4, 0.5) is 0 Å². The van der Waals surface area contributed by atoms with Crippen molar-refractivity contribution in [3.8, 4) is 6.07 Å². The van der Waals surface area contributed by atoms with Crippen molar-refractivity contribution >= 4 is 5.91 Å². The van der Waals surface area contributed by atoms with E-state index in [0.29, 0.717) is 11.5 Å². The molecule has 1 heterocycles. The van der Waals surface area contributed by atoms with Gasteiger partial charge in [-0.1, -0.05) is 6.58 Å². The Bertz CT molecular complexity index is 499. The Balaban J connectivity index is 2.13. The van der Waals surface area contributed by atoms with Gasteiger partial charge in [0.05, 0.1) is 5.57 Å². The second kappa shape index (κ2) is 6.21. The van der Waals surface area contributed by atoms with Gasteiger partial charge in [0.15, 0.2) is 0 Å². The summed E-state index contributed by atoms with van der Waals surface area (Å²) < 4.78 is 0. The largest absolute Gasteiger partial charge is 0.363 e. The zero-order chi connectivity index (χ0) is 15.6. The number of nitriles is 1. The minimum absolute atomic E-state index is 0.173. The Morgan fingerprint density at radius 2 is 2.05 bits per heavy atom. The van der Waals surface area contributed by atoms with Crippen molar-refractivity contribution in [3.63, 3.8) is 0 Å². The third kappa shape index (κ3) is 3.21. The molecule has 1 aliphatic heterocycles. The first-order valence-corrected chi connectivity index (χ1v) is 7.49. The van der Waals surface area contributed by atoms with Crippen molar-refractivity contribution in [2.45, 2.75) is 25.8 Å². The summed E-state index contributed by atoms with van der Waals surface area (Å²) in [4.78, 5) is 18.4. The number of hydrogen-bond donors (Lipinski definition) is 0. The molecule has 0 N–H and O–H groups in total. The number of allylic oxidation sites excluding steroid dienone is 2. The quantitative estimate of drug-likeness (QED) is 0.580. The maximum Gasteiger partial charge on any atom is 0.226 e. The fourth-order valence-corrected chi connectivity index (χ4v) is 2.92. The number of rotatable bonds is 4. The van der Waals surface area contributed by atoms with Crippen LogP contribution in [-0.4, -0.2) is 60.4 Å². The second-order valence-corrected chi connectivity index (χ2v) is 6.05. The summed E-state index contributed by atoms with van der Waals surface area (Å²) in [6.07, 6.45) is 3.69. The number of carbonyl (C=O) groups is 1. The lowest BCUT2D eigenvalue weighted by Gasteiger charge is -2.43. The molecule has 1 atom stereocenters. The summed E-state index contributed by atoms with van der Waals surface area (Å²) in [5.41, 5.74) is 0.578. The van der Waals surface area contributed by atoms with Gasteiger partial charge in [-0.3, -0.25) is 4.79 Å². The monoisotopic (exact) mass is 288 g/mol. The van der Waals surface area contributed by atoms with Crippen LogP contribution in [0.1, 0.15) is 19.8 Å². The highest BCUT2D eigenvalue weighted by Crippen LogP contribution is 2.32. The summed E-state index contributed by atoms with van der Waals surface area (Å²) in [5.74, 6) is 1.46. The number of nitrogens with zero attached hydrogens (tertiary/aromatic N) is 4. The molecule has 0 spiro atoms. The van der Waals surface area contributed by atoms with Gasteiger partial charge >= 0.3 is 0 Å². The highest BCUT2D eigenvalue weighted by atomic mass is 16.2. The van der Waals surface area contributed by atoms with Gasteiger partial charge in [-0.05, 0) is 25.8 Å². The van der Waals surface area contributed by atoms with E-state index in [4.69, 9.17) is 0 Å². The molecule has 2 rings (SSSR count). The topological polar surface area (TPSA) is 50.6 Å². The summed E-state index contributed by atoms with van der Waals surface area (Å²) in [5, 5.41) is 9.27. The van der Waals surface area contributed by atoms with E-state index in [-0.39, 0.29) is 12.0 Å². The number of piperazine rings is 1. The van der Waals surface area contributed by atoms with Crippen molar-refractivity contribution < 1.29 is 4.79 Å². The van der Waals surface area contributed by atoms with Gasteiger partial charge in [-0.25, -0.2) is 0 Å². The minimum Gasteiger partial charge on any atom is -0.363 e. The lowest BCUT2D eigenvalue weighted by Crippen LogP contribution is -2.55. The second-order valence-electron chi connectivity index (χ2n) is 6.05. The van der Waals surface area contributed by atoms with Crippen LogP contribution >= 0.6 is 0 Å². The van der Waals surface area contributed by atoms with E-state index >= 15 is 0 Å². The molecule has 1 saturated carbocycles. The van der Waals surface area contributed by atoms with Crippen LogP contribution in [-0.2, 0) is 4.79 Å². The van der Waals surface area contributed by atoms with Crippen molar-refractivity contribution in [2.75, 3.05) is 33.7 Å². The smallest absolute Gasteiger partial charge is 0.226 e. The molecule has 0 radical (unpaired) electrons. The van der Waals surface area contributed by atoms with Gasteiger partial charge in [0.25, 0.3) is 0 Å². The zero-order valence-corrected chi connectivity index (χ0v) is 13.2. The Labute approximate surface area is 127 Å². The van der Waals surface area contributed by atoms with Gasteiger partial charge in [0.1, 0.15) is 11.9 Å². The Hall–Kier alpha value is -1.96. The highest BCUT2D eigenvalue weighted by Gasteiger charge is 2.37. The van der Waals surface area contributed by atoms with Crippen LogP contribution in [0.2, 0.25) is 0 Å².